The molecule has 0 radical (unpaired) electrons. The van der Waals surface area contributed by atoms with E-state index in [2.05, 4.69) is 29.4 Å². The summed E-state index contributed by atoms with van der Waals surface area (Å²) in [4.78, 5) is 14.1. The first-order valence-electron chi connectivity index (χ1n) is 8.95. The first-order valence-corrected chi connectivity index (χ1v) is 8.95. The summed E-state index contributed by atoms with van der Waals surface area (Å²) in [5, 5.41) is 11.0. The third-order valence-corrected chi connectivity index (χ3v) is 4.52. The van der Waals surface area contributed by atoms with E-state index in [0.717, 1.165) is 23.6 Å². The standard InChI is InChI=1S/C19H29N5O2/c1-14(2)24-13-21-22-18(24)10-11-20-19(25)23(4)15(3)12-16-8-6-7-9-17(16)26-5/h6-9,13-15H,10-12H2,1-5H3,(H,20,25)/t15-/m1/s1. The van der Waals surface area contributed by atoms with E-state index in [1.807, 2.05) is 42.8 Å². The van der Waals surface area contributed by atoms with Gasteiger partial charge in [-0.2, -0.15) is 0 Å². The molecular weight excluding hydrogens is 330 g/mol. The highest BCUT2D eigenvalue weighted by atomic mass is 16.5. The Hall–Kier alpha value is -2.57. The third-order valence-electron chi connectivity index (χ3n) is 4.52. The Morgan fingerprint density at radius 2 is 2.04 bits per heavy atom. The van der Waals surface area contributed by atoms with Crippen molar-refractivity contribution in [1.82, 2.24) is 25.0 Å². The lowest BCUT2D eigenvalue weighted by Gasteiger charge is -2.26. The fraction of sp³-hybridized carbons (Fsp3) is 0.526. The van der Waals surface area contributed by atoms with Gasteiger partial charge in [0, 0.05) is 32.1 Å². The van der Waals surface area contributed by atoms with Crippen molar-refractivity contribution in [1.29, 1.82) is 0 Å². The van der Waals surface area contributed by atoms with Gasteiger partial charge in [0.05, 0.1) is 7.11 Å². The van der Waals surface area contributed by atoms with Crippen LogP contribution in [-0.4, -0.2) is 52.4 Å². The number of likely N-dealkylation sites (N-methyl/N-ethyl adjacent to an activating group) is 1. The fourth-order valence-electron chi connectivity index (χ4n) is 2.81. The lowest BCUT2D eigenvalue weighted by Crippen LogP contribution is -2.44. The summed E-state index contributed by atoms with van der Waals surface area (Å²) in [6.45, 7) is 6.72. The van der Waals surface area contributed by atoms with E-state index in [1.54, 1.807) is 18.3 Å². The second kappa shape index (κ2) is 9.22. The Balaban J connectivity index is 1.85. The van der Waals surface area contributed by atoms with E-state index < -0.39 is 0 Å². The average Bonchev–Trinajstić information content (AvgIpc) is 3.10. The molecule has 2 aromatic rings. The molecule has 1 aromatic heterocycles. The molecule has 1 heterocycles. The second-order valence-corrected chi connectivity index (χ2v) is 6.71. The zero-order valence-corrected chi connectivity index (χ0v) is 16.3. The molecular formula is C19H29N5O2. The van der Waals surface area contributed by atoms with Crippen molar-refractivity contribution in [3.8, 4) is 5.75 Å². The van der Waals surface area contributed by atoms with Gasteiger partial charge in [0.2, 0.25) is 0 Å². The van der Waals surface area contributed by atoms with E-state index in [1.165, 1.54) is 0 Å². The van der Waals surface area contributed by atoms with Gasteiger partial charge in [0.25, 0.3) is 0 Å². The number of hydrogen-bond donors (Lipinski definition) is 1. The first-order chi connectivity index (χ1) is 12.4. The van der Waals surface area contributed by atoms with Gasteiger partial charge in [-0.15, -0.1) is 10.2 Å². The number of hydrogen-bond acceptors (Lipinski definition) is 4. The molecule has 0 unspecified atom stereocenters. The second-order valence-electron chi connectivity index (χ2n) is 6.71. The summed E-state index contributed by atoms with van der Waals surface area (Å²) in [5.41, 5.74) is 1.09. The Morgan fingerprint density at radius 1 is 1.31 bits per heavy atom. The molecule has 1 aromatic carbocycles. The quantitative estimate of drug-likeness (QED) is 0.786. The number of methoxy groups -OCH3 is 1. The number of carbonyl (C=O) groups is 1. The van der Waals surface area contributed by atoms with Gasteiger partial charge in [-0.1, -0.05) is 18.2 Å². The number of aromatic nitrogens is 3. The number of nitrogens with one attached hydrogen (secondary N) is 1. The minimum absolute atomic E-state index is 0.0469. The van der Waals surface area contributed by atoms with Crippen molar-refractivity contribution in [2.24, 2.45) is 0 Å². The van der Waals surface area contributed by atoms with Gasteiger partial charge in [-0.05, 0) is 38.8 Å². The van der Waals surface area contributed by atoms with Crippen LogP contribution in [0.5, 0.6) is 5.75 Å². The zero-order valence-electron chi connectivity index (χ0n) is 16.3. The lowest BCUT2D eigenvalue weighted by atomic mass is 10.1. The van der Waals surface area contributed by atoms with E-state index in [9.17, 15) is 4.79 Å². The van der Waals surface area contributed by atoms with E-state index in [-0.39, 0.29) is 12.1 Å². The van der Waals surface area contributed by atoms with Gasteiger partial charge in [-0.3, -0.25) is 0 Å². The van der Waals surface area contributed by atoms with Crippen molar-refractivity contribution in [2.75, 3.05) is 20.7 Å². The highest BCUT2D eigenvalue weighted by Gasteiger charge is 2.17. The molecule has 0 fully saturated rings. The van der Waals surface area contributed by atoms with Crippen molar-refractivity contribution in [2.45, 2.75) is 45.7 Å². The van der Waals surface area contributed by atoms with Crippen LogP contribution in [0.15, 0.2) is 30.6 Å². The van der Waals surface area contributed by atoms with E-state index in [4.69, 9.17) is 4.74 Å². The van der Waals surface area contributed by atoms with Gasteiger partial charge in [0.1, 0.15) is 17.9 Å². The Labute approximate surface area is 155 Å². The molecule has 2 rings (SSSR count). The Bertz CT molecular complexity index is 713. The fourth-order valence-corrected chi connectivity index (χ4v) is 2.81. The van der Waals surface area contributed by atoms with Gasteiger partial charge < -0.3 is 19.5 Å². The molecule has 0 saturated carbocycles. The van der Waals surface area contributed by atoms with Gasteiger partial charge in [0.15, 0.2) is 0 Å². The smallest absolute Gasteiger partial charge is 0.317 e. The summed E-state index contributed by atoms with van der Waals surface area (Å²) in [5.74, 6) is 1.73. The monoisotopic (exact) mass is 359 g/mol. The van der Waals surface area contributed by atoms with Crippen LogP contribution in [0.1, 0.15) is 38.2 Å². The molecule has 1 N–H and O–H groups in total. The highest BCUT2D eigenvalue weighted by Crippen LogP contribution is 2.20. The summed E-state index contributed by atoms with van der Waals surface area (Å²) in [6.07, 6.45) is 3.11. The predicted octanol–water partition coefficient (Wildman–Crippen LogP) is 2.68. The Morgan fingerprint density at radius 3 is 2.73 bits per heavy atom. The molecule has 7 heteroatoms. The molecule has 7 nitrogen and oxygen atoms in total. The first kappa shape index (κ1) is 19.8. The minimum Gasteiger partial charge on any atom is -0.496 e. The van der Waals surface area contributed by atoms with Crippen molar-refractivity contribution < 1.29 is 9.53 Å². The predicted molar refractivity (Wildman–Crippen MR) is 101 cm³/mol. The van der Waals surface area contributed by atoms with Crippen LogP contribution in [0.2, 0.25) is 0 Å². The van der Waals surface area contributed by atoms with Gasteiger partial charge >= 0.3 is 6.03 Å². The molecule has 0 aliphatic heterocycles. The van der Waals surface area contributed by atoms with E-state index >= 15 is 0 Å². The van der Waals surface area contributed by atoms with Crippen molar-refractivity contribution in [3.63, 3.8) is 0 Å². The molecule has 0 aliphatic rings. The molecule has 1 atom stereocenters. The largest absolute Gasteiger partial charge is 0.496 e. The Kier molecular flexibility index (Phi) is 7.00. The number of nitrogens with zero attached hydrogens (tertiary/aromatic N) is 4. The summed E-state index contributed by atoms with van der Waals surface area (Å²) in [7, 11) is 3.47. The lowest BCUT2D eigenvalue weighted by molar-refractivity contribution is 0.193. The van der Waals surface area contributed by atoms with Crippen LogP contribution in [-0.2, 0) is 12.8 Å². The van der Waals surface area contributed by atoms with Gasteiger partial charge in [-0.25, -0.2) is 4.79 Å². The molecule has 26 heavy (non-hydrogen) atoms. The third kappa shape index (κ3) is 4.97. The number of benzene rings is 1. The molecule has 0 saturated heterocycles. The van der Waals surface area contributed by atoms with Crippen molar-refractivity contribution >= 4 is 6.03 Å². The maximum absolute atomic E-state index is 12.4. The number of carbonyl (C=O) groups excluding carboxylic acids is 1. The maximum Gasteiger partial charge on any atom is 0.317 e. The van der Waals surface area contributed by atoms with Crippen LogP contribution in [0.4, 0.5) is 4.79 Å². The average molecular weight is 359 g/mol. The number of rotatable bonds is 8. The minimum atomic E-state index is -0.0944. The maximum atomic E-state index is 12.4. The number of urea groups is 1. The van der Waals surface area contributed by atoms with Crippen LogP contribution < -0.4 is 10.1 Å². The summed E-state index contributed by atoms with van der Waals surface area (Å²) >= 11 is 0. The molecule has 0 aliphatic carbocycles. The normalized spacial score (nSPS) is 12.1. The highest BCUT2D eigenvalue weighted by molar-refractivity contribution is 5.74. The summed E-state index contributed by atoms with van der Waals surface area (Å²) in [6, 6.07) is 8.15. The molecule has 0 spiro atoms. The summed E-state index contributed by atoms with van der Waals surface area (Å²) < 4.78 is 7.40. The van der Waals surface area contributed by atoms with Crippen molar-refractivity contribution in [3.05, 3.63) is 42.0 Å². The van der Waals surface area contributed by atoms with E-state index in [0.29, 0.717) is 19.0 Å². The molecule has 0 bridgehead atoms. The molecule has 2 amide bonds. The SMILES string of the molecule is COc1ccccc1C[C@@H](C)N(C)C(=O)NCCc1nncn1C(C)C. The van der Waals surface area contributed by atoms with Crippen LogP contribution >= 0.6 is 0 Å². The van der Waals surface area contributed by atoms with Crippen LogP contribution in [0, 0.1) is 0 Å². The molecule has 142 valence electrons. The van der Waals surface area contributed by atoms with Crippen LogP contribution in [0.3, 0.4) is 0 Å². The number of para-hydroxylation sites is 1. The number of amides is 2. The number of ether oxygens (including phenoxy) is 1. The zero-order chi connectivity index (χ0) is 19.1. The van der Waals surface area contributed by atoms with Crippen LogP contribution in [0.25, 0.3) is 0 Å². The topological polar surface area (TPSA) is 72.3 Å².